The van der Waals surface area contributed by atoms with Gasteiger partial charge in [0, 0.05) is 93.4 Å². The highest BCUT2D eigenvalue weighted by molar-refractivity contribution is 6.30. The van der Waals surface area contributed by atoms with E-state index < -0.39 is 0 Å². The molecule has 0 aliphatic heterocycles. The molecule has 0 atom stereocenters. The molecule has 8 heteroatoms. The number of aromatic nitrogens is 8. The van der Waals surface area contributed by atoms with E-state index in [1.54, 1.807) is 0 Å². The average Bonchev–Trinajstić information content (AvgIpc) is 1.55. The standard InChI is InChI=1S/C57H37N3.C55H35N5/c1-3-15-38(16-4-1)42-21-13-22-43(35-42)44-36-49(40-18-5-2-6-19-40)58-50(37-44)41-29-31-45(32-30-41)59-52-26-11-9-24-47(52)56-54(59)33-34-55-57(56)48-25-10-12-27-53(48)60(55)51-28-14-20-39-17-7-8-23-46(39)51;1-3-15-36(16-4-1)40-21-13-22-42(35-40)60-48-28-12-10-25-46(48)52-50(60)34-33-49-51(52)45-24-9-11-27-47(45)59(49)41-31-29-39(30-32-41)54-56-53(38-18-5-2-6-19-38)57-55(58-54)44-26-14-20-37-17-7-8-23-43(37)44/h1-37H;1-35H. The number of para-hydroxylation sites is 4. The minimum absolute atomic E-state index is 0.631. The third-order valence-electron chi connectivity index (χ3n) is 23.9. The van der Waals surface area contributed by atoms with Crippen LogP contribution in [0.25, 0.3) is 222 Å². The second-order valence-corrected chi connectivity index (χ2v) is 30.8. The molecule has 18 aromatic carbocycles. The van der Waals surface area contributed by atoms with E-state index in [1.807, 2.05) is 30.3 Å². The molecule has 0 unspecified atom stereocenters. The van der Waals surface area contributed by atoms with Gasteiger partial charge in [-0.25, -0.2) is 19.9 Å². The van der Waals surface area contributed by atoms with Crippen LogP contribution in [0, 0.1) is 0 Å². The normalized spacial score (nSPS) is 11.7. The second kappa shape index (κ2) is 29.0. The fraction of sp³-hybridized carbons (Fsp3) is 0. The van der Waals surface area contributed by atoms with Gasteiger partial charge in [-0.2, -0.15) is 0 Å². The third kappa shape index (κ3) is 11.8. The van der Waals surface area contributed by atoms with Crippen LogP contribution >= 0.6 is 0 Å². The zero-order valence-electron chi connectivity index (χ0n) is 65.1. The maximum Gasteiger partial charge on any atom is 0.164 e. The summed E-state index contributed by atoms with van der Waals surface area (Å²) >= 11 is 0. The Morgan fingerprint density at radius 3 is 0.992 bits per heavy atom. The first-order valence-electron chi connectivity index (χ1n) is 40.8. The number of benzene rings is 18. The van der Waals surface area contributed by atoms with Crippen molar-refractivity contribution >= 4 is 109 Å². The summed E-state index contributed by atoms with van der Waals surface area (Å²) in [4.78, 5) is 20.5. The van der Waals surface area contributed by atoms with Crippen molar-refractivity contribution in [2.24, 2.45) is 0 Å². The van der Waals surface area contributed by atoms with Gasteiger partial charge in [-0.1, -0.05) is 315 Å². The van der Waals surface area contributed by atoms with E-state index in [0.717, 1.165) is 89.2 Å². The molecule has 6 aromatic heterocycles. The lowest BCUT2D eigenvalue weighted by molar-refractivity contribution is 1.07. The number of hydrogen-bond acceptors (Lipinski definition) is 4. The van der Waals surface area contributed by atoms with Gasteiger partial charge in [0.1, 0.15) is 0 Å². The molecule has 0 spiro atoms. The molecular formula is C112H72N8. The van der Waals surface area contributed by atoms with Crippen LogP contribution in [0.5, 0.6) is 0 Å². The predicted octanol–water partition coefficient (Wildman–Crippen LogP) is 29.0. The van der Waals surface area contributed by atoms with Crippen LogP contribution < -0.4 is 0 Å². The van der Waals surface area contributed by atoms with Crippen molar-refractivity contribution < 1.29 is 0 Å². The Morgan fingerprint density at radius 2 is 0.483 bits per heavy atom. The van der Waals surface area contributed by atoms with E-state index in [4.69, 9.17) is 19.9 Å². The van der Waals surface area contributed by atoms with E-state index in [9.17, 15) is 0 Å². The first-order chi connectivity index (χ1) is 59.5. The van der Waals surface area contributed by atoms with Crippen molar-refractivity contribution in [3.63, 3.8) is 0 Å². The van der Waals surface area contributed by atoms with Crippen LogP contribution in [-0.4, -0.2) is 38.2 Å². The zero-order valence-corrected chi connectivity index (χ0v) is 65.1. The van der Waals surface area contributed by atoms with E-state index in [1.165, 1.54) is 115 Å². The molecule has 0 saturated carbocycles. The quantitative estimate of drug-likeness (QED) is 0.122. The van der Waals surface area contributed by atoms with E-state index in [-0.39, 0.29) is 0 Å². The summed E-state index contributed by atoms with van der Waals surface area (Å²) in [5.41, 5.74) is 27.9. The lowest BCUT2D eigenvalue weighted by atomic mass is 9.96. The summed E-state index contributed by atoms with van der Waals surface area (Å²) in [6, 6.07) is 156. The van der Waals surface area contributed by atoms with E-state index >= 15 is 0 Å². The molecule has 0 N–H and O–H groups in total. The van der Waals surface area contributed by atoms with Crippen LogP contribution in [0.3, 0.4) is 0 Å². The highest BCUT2D eigenvalue weighted by atomic mass is 15.0. The van der Waals surface area contributed by atoms with Crippen LogP contribution in [0.1, 0.15) is 0 Å². The molecule has 24 aromatic rings. The topological polar surface area (TPSA) is 71.3 Å². The fourth-order valence-corrected chi connectivity index (χ4v) is 18.4. The van der Waals surface area contributed by atoms with Gasteiger partial charge >= 0.3 is 0 Å². The predicted molar refractivity (Wildman–Crippen MR) is 500 cm³/mol. The smallest absolute Gasteiger partial charge is 0.164 e. The summed E-state index contributed by atoms with van der Waals surface area (Å²) in [5, 5.41) is 14.7. The average molecular weight is 1530 g/mol. The van der Waals surface area contributed by atoms with Crippen molar-refractivity contribution in [2.45, 2.75) is 0 Å². The molecule has 0 bridgehead atoms. The number of rotatable bonds is 12. The van der Waals surface area contributed by atoms with Crippen molar-refractivity contribution in [1.29, 1.82) is 0 Å². The second-order valence-electron chi connectivity index (χ2n) is 30.8. The Bertz CT molecular complexity index is 8110. The SMILES string of the molecule is c1ccc(-c2cccc(-c3cc(-c4ccccc4)nc(-c4ccc(-n5c6ccccc6c6c7c8ccccc8n(-c8cccc9ccccc89)c7ccc65)cc4)c3)c2)cc1.c1ccc(-c2cccc(-n3c4ccccc4c4c5c6ccccc6n(-c6ccc(-c7nc(-c8ccccc8)nc(-c8cccc9ccccc89)n7)cc6)c5ccc43)c2)cc1. The molecule has 8 nitrogen and oxygen atoms in total. The van der Waals surface area contributed by atoms with Crippen molar-refractivity contribution in [3.05, 3.63) is 437 Å². The molecule has 0 aliphatic carbocycles. The van der Waals surface area contributed by atoms with E-state index in [0.29, 0.717) is 17.5 Å². The highest BCUT2D eigenvalue weighted by Crippen LogP contribution is 2.47. The van der Waals surface area contributed by atoms with Gasteiger partial charge in [-0.3, -0.25) is 0 Å². The van der Waals surface area contributed by atoms with Gasteiger partial charge in [-0.05, 0) is 171 Å². The maximum atomic E-state index is 5.27. The fourth-order valence-electron chi connectivity index (χ4n) is 18.4. The molecule has 120 heavy (non-hydrogen) atoms. The van der Waals surface area contributed by atoms with Crippen molar-refractivity contribution in [1.82, 2.24) is 38.2 Å². The minimum atomic E-state index is 0.631. The van der Waals surface area contributed by atoms with Crippen molar-refractivity contribution in [2.75, 3.05) is 0 Å². The molecule has 24 rings (SSSR count). The molecule has 6 heterocycles. The monoisotopic (exact) mass is 1530 g/mol. The molecule has 0 radical (unpaired) electrons. The molecular weight excluding hydrogens is 1460 g/mol. The summed E-state index contributed by atoms with van der Waals surface area (Å²) in [7, 11) is 0. The summed E-state index contributed by atoms with van der Waals surface area (Å²) in [5.74, 6) is 1.92. The Morgan fingerprint density at radius 1 is 0.158 bits per heavy atom. The van der Waals surface area contributed by atoms with Gasteiger partial charge in [0.05, 0.1) is 61.2 Å². The molecule has 560 valence electrons. The largest absolute Gasteiger partial charge is 0.309 e. The lowest BCUT2D eigenvalue weighted by Crippen LogP contribution is -2.01. The Labute approximate surface area is 692 Å². The number of fused-ring (bicyclic) bond motifs is 16. The Kier molecular flexibility index (Phi) is 16.7. The van der Waals surface area contributed by atoms with Crippen molar-refractivity contribution in [3.8, 4) is 113 Å². The van der Waals surface area contributed by atoms with Gasteiger partial charge in [0.25, 0.3) is 0 Å². The van der Waals surface area contributed by atoms with Gasteiger partial charge in [0.2, 0.25) is 0 Å². The number of pyridine rings is 1. The highest BCUT2D eigenvalue weighted by Gasteiger charge is 2.25. The van der Waals surface area contributed by atoms with Gasteiger partial charge in [-0.15, -0.1) is 0 Å². The number of nitrogens with zero attached hydrogens (tertiary/aromatic N) is 8. The summed E-state index contributed by atoms with van der Waals surface area (Å²) < 4.78 is 9.69. The zero-order chi connectivity index (χ0) is 79.1. The lowest BCUT2D eigenvalue weighted by Gasteiger charge is -2.13. The number of hydrogen-bond donors (Lipinski definition) is 0. The van der Waals surface area contributed by atoms with Crippen LogP contribution in [-0.2, 0) is 0 Å². The summed E-state index contributed by atoms with van der Waals surface area (Å²) in [6.07, 6.45) is 0. The summed E-state index contributed by atoms with van der Waals surface area (Å²) in [6.45, 7) is 0. The van der Waals surface area contributed by atoms with Gasteiger partial charge in [0.15, 0.2) is 17.5 Å². The van der Waals surface area contributed by atoms with Gasteiger partial charge < -0.3 is 18.3 Å². The molecule has 0 amide bonds. The third-order valence-corrected chi connectivity index (χ3v) is 23.9. The minimum Gasteiger partial charge on any atom is -0.309 e. The maximum absolute atomic E-state index is 5.27. The van der Waals surface area contributed by atoms with Crippen LogP contribution in [0.2, 0.25) is 0 Å². The first kappa shape index (κ1) is 69.4. The first-order valence-corrected chi connectivity index (χ1v) is 40.8. The Balaban J connectivity index is 0.000000140. The van der Waals surface area contributed by atoms with E-state index in [2.05, 4.69) is 425 Å². The van der Waals surface area contributed by atoms with Crippen LogP contribution in [0.15, 0.2) is 437 Å². The molecule has 0 aliphatic rings. The Hall–Kier alpha value is -16.2. The molecule has 0 saturated heterocycles. The van der Waals surface area contributed by atoms with Crippen LogP contribution in [0.4, 0.5) is 0 Å². The molecule has 0 fully saturated rings.